The molecule has 0 saturated heterocycles. The van der Waals surface area contributed by atoms with Crippen LogP contribution in [0.15, 0.2) is 0 Å². The number of carbonyl (C=O) groups is 7. The van der Waals surface area contributed by atoms with E-state index in [4.69, 9.17) is 21.7 Å². The van der Waals surface area contributed by atoms with Gasteiger partial charge < -0.3 is 42.7 Å². The van der Waals surface area contributed by atoms with Gasteiger partial charge in [0.1, 0.15) is 18.1 Å². The van der Waals surface area contributed by atoms with Crippen LogP contribution in [0.25, 0.3) is 0 Å². The van der Waals surface area contributed by atoms with Crippen molar-refractivity contribution < 1.29 is 48.9 Å². The molecule has 0 aliphatic heterocycles. The van der Waals surface area contributed by atoms with Gasteiger partial charge in [-0.1, -0.05) is 13.8 Å². The predicted octanol–water partition coefficient (Wildman–Crippen LogP) is -2.89. The van der Waals surface area contributed by atoms with Gasteiger partial charge in [0, 0.05) is 12.8 Å². The van der Waals surface area contributed by atoms with E-state index in [0.29, 0.717) is 0 Å². The molecule has 0 fully saturated rings. The lowest BCUT2D eigenvalue weighted by Crippen LogP contribution is -2.58. The van der Waals surface area contributed by atoms with Crippen LogP contribution in [0.2, 0.25) is 0 Å². The van der Waals surface area contributed by atoms with Crippen molar-refractivity contribution >= 4 is 41.5 Å². The molecule has 4 unspecified atom stereocenters. The molecule has 192 valence electrons. The number of hydrogen-bond donors (Lipinski definition) is 8. The maximum absolute atomic E-state index is 12.8. The molecule has 0 aromatic rings. The Labute approximate surface area is 194 Å². The standard InChI is InChI=1S/C19H31N5O10/c1-8(2)15(18(32)23-11(19(33)34)3-5-12(21)25)24-17(31)10(4-6-13(26)27)22-16(30)9(20)7-14(28)29/h8-11,15H,3-7,20H2,1-2H3,(H2,21,25)(H,22,30)(H,23,32)(H,24,31)(H,26,27)(H,28,29)(H,33,34). The van der Waals surface area contributed by atoms with E-state index >= 15 is 0 Å². The predicted molar refractivity (Wildman–Crippen MR) is 114 cm³/mol. The average Bonchev–Trinajstić information content (AvgIpc) is 2.70. The van der Waals surface area contributed by atoms with Crippen molar-refractivity contribution in [2.75, 3.05) is 0 Å². The van der Waals surface area contributed by atoms with Gasteiger partial charge in [-0.25, -0.2) is 4.79 Å². The molecule has 0 rings (SSSR count). The van der Waals surface area contributed by atoms with Crippen molar-refractivity contribution in [1.82, 2.24) is 16.0 Å². The molecule has 0 saturated carbocycles. The maximum Gasteiger partial charge on any atom is 0.326 e. The number of aliphatic carboxylic acids is 3. The first-order valence-electron chi connectivity index (χ1n) is 10.3. The number of rotatable bonds is 16. The van der Waals surface area contributed by atoms with Crippen LogP contribution in [-0.4, -0.2) is 81.0 Å². The highest BCUT2D eigenvalue weighted by molar-refractivity contribution is 5.95. The van der Waals surface area contributed by atoms with Crippen LogP contribution in [0, 0.1) is 5.92 Å². The van der Waals surface area contributed by atoms with Gasteiger partial charge in [0.15, 0.2) is 0 Å². The largest absolute Gasteiger partial charge is 0.481 e. The Bertz CT molecular complexity index is 800. The first kappa shape index (κ1) is 30.2. The van der Waals surface area contributed by atoms with Crippen LogP contribution in [0.3, 0.4) is 0 Å². The highest BCUT2D eigenvalue weighted by atomic mass is 16.4. The zero-order valence-corrected chi connectivity index (χ0v) is 18.8. The minimum atomic E-state index is -1.51. The zero-order valence-electron chi connectivity index (χ0n) is 18.8. The minimum Gasteiger partial charge on any atom is -0.481 e. The Kier molecular flexibility index (Phi) is 12.8. The van der Waals surface area contributed by atoms with Gasteiger partial charge in [0.25, 0.3) is 0 Å². The summed E-state index contributed by atoms with van der Waals surface area (Å²) < 4.78 is 0. The van der Waals surface area contributed by atoms with E-state index in [2.05, 4.69) is 16.0 Å². The summed E-state index contributed by atoms with van der Waals surface area (Å²) in [5.41, 5.74) is 10.5. The van der Waals surface area contributed by atoms with E-state index in [9.17, 15) is 38.7 Å². The smallest absolute Gasteiger partial charge is 0.326 e. The summed E-state index contributed by atoms with van der Waals surface area (Å²) in [5.74, 6) is -8.29. The van der Waals surface area contributed by atoms with E-state index in [1.807, 2.05) is 0 Å². The van der Waals surface area contributed by atoms with Gasteiger partial charge in [-0.2, -0.15) is 0 Å². The van der Waals surface area contributed by atoms with Gasteiger partial charge in [-0.15, -0.1) is 0 Å². The third-order valence-electron chi connectivity index (χ3n) is 4.55. The van der Waals surface area contributed by atoms with Gasteiger partial charge >= 0.3 is 17.9 Å². The molecule has 34 heavy (non-hydrogen) atoms. The molecule has 0 spiro atoms. The fraction of sp³-hybridized carbons (Fsp3) is 0.632. The second-order valence-corrected chi connectivity index (χ2v) is 7.83. The monoisotopic (exact) mass is 489 g/mol. The summed E-state index contributed by atoms with van der Waals surface area (Å²) in [4.78, 5) is 81.5. The topological polar surface area (TPSA) is 268 Å². The molecule has 15 heteroatoms. The van der Waals surface area contributed by atoms with E-state index < -0.39 is 90.9 Å². The van der Waals surface area contributed by atoms with Crippen molar-refractivity contribution in [2.24, 2.45) is 17.4 Å². The van der Waals surface area contributed by atoms with Gasteiger partial charge in [-0.3, -0.25) is 28.8 Å². The summed E-state index contributed by atoms with van der Waals surface area (Å²) >= 11 is 0. The van der Waals surface area contributed by atoms with E-state index in [1.54, 1.807) is 0 Å². The van der Waals surface area contributed by atoms with Gasteiger partial charge in [-0.05, 0) is 18.8 Å². The summed E-state index contributed by atoms with van der Waals surface area (Å²) in [6, 6.07) is -5.74. The molecule has 0 aromatic carbocycles. The van der Waals surface area contributed by atoms with Crippen molar-refractivity contribution in [3.05, 3.63) is 0 Å². The normalized spacial score (nSPS) is 14.2. The van der Waals surface area contributed by atoms with Gasteiger partial charge in [0.2, 0.25) is 23.6 Å². The van der Waals surface area contributed by atoms with E-state index in [-0.39, 0.29) is 12.8 Å². The molecule has 0 radical (unpaired) electrons. The van der Waals surface area contributed by atoms with E-state index in [0.717, 1.165) is 0 Å². The molecule has 0 aliphatic carbocycles. The Hall–Kier alpha value is -3.75. The Morgan fingerprint density at radius 2 is 1.26 bits per heavy atom. The Morgan fingerprint density at radius 3 is 1.71 bits per heavy atom. The number of primary amides is 1. The molecule has 4 atom stereocenters. The minimum absolute atomic E-state index is 0.284. The highest BCUT2D eigenvalue weighted by Gasteiger charge is 2.32. The number of carboxylic acid groups (broad SMARTS) is 3. The number of hydrogen-bond acceptors (Lipinski definition) is 8. The summed E-state index contributed by atoms with van der Waals surface area (Å²) in [6.07, 6.45) is -2.27. The molecule has 10 N–H and O–H groups in total. The van der Waals surface area contributed by atoms with E-state index in [1.165, 1.54) is 13.8 Å². The van der Waals surface area contributed by atoms with Crippen molar-refractivity contribution in [2.45, 2.75) is 70.1 Å². The molecule has 15 nitrogen and oxygen atoms in total. The number of nitrogens with one attached hydrogen (secondary N) is 3. The fourth-order valence-electron chi connectivity index (χ4n) is 2.69. The van der Waals surface area contributed by atoms with Crippen molar-refractivity contribution in [3.8, 4) is 0 Å². The van der Waals surface area contributed by atoms with Crippen molar-refractivity contribution in [1.29, 1.82) is 0 Å². The lowest BCUT2D eigenvalue weighted by atomic mass is 10.0. The maximum atomic E-state index is 12.8. The Balaban J connectivity index is 5.50. The molecule has 0 heterocycles. The quantitative estimate of drug-likeness (QED) is 0.109. The fourth-order valence-corrected chi connectivity index (χ4v) is 2.69. The molecule has 0 aliphatic rings. The third-order valence-corrected chi connectivity index (χ3v) is 4.55. The second kappa shape index (κ2) is 14.4. The van der Waals surface area contributed by atoms with Crippen LogP contribution >= 0.6 is 0 Å². The number of carboxylic acids is 3. The lowest BCUT2D eigenvalue weighted by Gasteiger charge is -2.27. The second-order valence-electron chi connectivity index (χ2n) is 7.83. The van der Waals surface area contributed by atoms with Crippen LogP contribution < -0.4 is 27.4 Å². The lowest BCUT2D eigenvalue weighted by molar-refractivity contribution is -0.143. The molecule has 4 amide bonds. The average molecular weight is 489 g/mol. The highest BCUT2D eigenvalue weighted by Crippen LogP contribution is 2.07. The number of carbonyl (C=O) groups excluding carboxylic acids is 4. The third kappa shape index (κ3) is 11.8. The van der Waals surface area contributed by atoms with Crippen LogP contribution in [0.4, 0.5) is 0 Å². The van der Waals surface area contributed by atoms with Crippen LogP contribution in [-0.2, 0) is 33.6 Å². The zero-order chi connectivity index (χ0) is 26.6. The Morgan fingerprint density at radius 1 is 0.735 bits per heavy atom. The van der Waals surface area contributed by atoms with Gasteiger partial charge in [0.05, 0.1) is 12.5 Å². The van der Waals surface area contributed by atoms with Crippen molar-refractivity contribution in [3.63, 3.8) is 0 Å². The van der Waals surface area contributed by atoms with Crippen LogP contribution in [0.1, 0.15) is 46.0 Å². The van der Waals surface area contributed by atoms with Crippen LogP contribution in [0.5, 0.6) is 0 Å². The molecule has 0 aromatic heterocycles. The first-order valence-corrected chi connectivity index (χ1v) is 10.3. The number of nitrogens with two attached hydrogens (primary N) is 2. The molecular weight excluding hydrogens is 458 g/mol. The number of amides is 4. The molecule has 0 bridgehead atoms. The summed E-state index contributed by atoms with van der Waals surface area (Å²) in [5, 5.41) is 33.6. The molecular formula is C19H31N5O10. The summed E-state index contributed by atoms with van der Waals surface area (Å²) in [7, 11) is 0. The first-order chi connectivity index (χ1) is 15.6. The SMILES string of the molecule is CC(C)C(NC(=O)C(CCC(=O)O)NC(=O)C(N)CC(=O)O)C(=O)NC(CCC(N)=O)C(=O)O. The summed E-state index contributed by atoms with van der Waals surface area (Å²) in [6.45, 7) is 3.08.